The Bertz CT molecular complexity index is 1050. The number of aromatic nitrogens is 2. The van der Waals surface area contributed by atoms with E-state index < -0.39 is 9.84 Å². The molecule has 0 atom stereocenters. The summed E-state index contributed by atoms with van der Waals surface area (Å²) in [6, 6.07) is 8.12. The van der Waals surface area contributed by atoms with E-state index in [-0.39, 0.29) is 17.3 Å². The van der Waals surface area contributed by atoms with Crippen LogP contribution in [0.4, 0.5) is 0 Å². The van der Waals surface area contributed by atoms with Gasteiger partial charge in [0.05, 0.1) is 15.4 Å². The second-order valence-corrected chi connectivity index (χ2v) is 7.93. The molecule has 25 heavy (non-hydrogen) atoms. The third kappa shape index (κ3) is 3.94. The summed E-state index contributed by atoms with van der Waals surface area (Å²) in [5.74, 6) is -0.271. The number of amides is 1. The summed E-state index contributed by atoms with van der Waals surface area (Å²) in [6.45, 7) is 0.173. The molecule has 1 N–H and O–H groups in total. The summed E-state index contributed by atoms with van der Waals surface area (Å²) >= 11 is 5.96. The Kier molecular flexibility index (Phi) is 4.69. The fourth-order valence-corrected chi connectivity index (χ4v) is 3.47. The molecule has 3 rings (SSSR count). The molecule has 0 saturated heterocycles. The van der Waals surface area contributed by atoms with Crippen LogP contribution in [0.15, 0.2) is 53.8 Å². The molecule has 8 heteroatoms. The smallest absolute Gasteiger partial charge is 0.251 e. The van der Waals surface area contributed by atoms with Gasteiger partial charge in [0.15, 0.2) is 9.84 Å². The Morgan fingerprint density at radius 1 is 1.20 bits per heavy atom. The molecule has 0 saturated carbocycles. The van der Waals surface area contributed by atoms with Crippen molar-refractivity contribution in [3.8, 4) is 0 Å². The van der Waals surface area contributed by atoms with Gasteiger partial charge in [0.1, 0.15) is 0 Å². The lowest BCUT2D eigenvalue weighted by Crippen LogP contribution is -2.22. The predicted octanol–water partition coefficient (Wildman–Crippen LogP) is 2.62. The Hall–Kier alpha value is -2.51. The van der Waals surface area contributed by atoms with E-state index in [1.807, 2.05) is 0 Å². The molecular weight excluding hydrogens is 362 g/mol. The second kappa shape index (κ2) is 6.78. The third-order valence-corrected chi connectivity index (χ3v) is 4.89. The fraction of sp³-hybridized carbons (Fsp3) is 0.118. The first kappa shape index (κ1) is 17.3. The zero-order valence-corrected chi connectivity index (χ0v) is 14.8. The molecule has 2 heterocycles. The largest absolute Gasteiger partial charge is 0.348 e. The quantitative estimate of drug-likeness (QED) is 0.757. The first-order valence-electron chi connectivity index (χ1n) is 7.31. The Morgan fingerprint density at radius 2 is 1.92 bits per heavy atom. The first-order valence-corrected chi connectivity index (χ1v) is 9.58. The van der Waals surface area contributed by atoms with Crippen molar-refractivity contribution in [2.24, 2.45) is 0 Å². The van der Waals surface area contributed by atoms with Crippen molar-refractivity contribution in [1.82, 2.24) is 15.3 Å². The molecule has 1 amide bonds. The number of hydrogen-bond acceptors (Lipinski definition) is 5. The zero-order valence-electron chi connectivity index (χ0n) is 13.2. The third-order valence-electron chi connectivity index (χ3n) is 3.57. The summed E-state index contributed by atoms with van der Waals surface area (Å²) in [5.41, 5.74) is 1.47. The van der Waals surface area contributed by atoms with E-state index in [0.29, 0.717) is 27.1 Å². The number of rotatable bonds is 4. The number of fused-ring (bicyclic) bond motifs is 1. The van der Waals surface area contributed by atoms with Crippen molar-refractivity contribution in [2.75, 3.05) is 6.26 Å². The van der Waals surface area contributed by atoms with E-state index >= 15 is 0 Å². The lowest BCUT2D eigenvalue weighted by molar-refractivity contribution is 0.0951. The minimum Gasteiger partial charge on any atom is -0.348 e. The zero-order chi connectivity index (χ0) is 18.0. The van der Waals surface area contributed by atoms with Gasteiger partial charge in [-0.15, -0.1) is 0 Å². The van der Waals surface area contributed by atoms with Crippen molar-refractivity contribution in [3.63, 3.8) is 0 Å². The molecule has 128 valence electrons. The van der Waals surface area contributed by atoms with E-state index in [1.54, 1.807) is 24.3 Å². The topological polar surface area (TPSA) is 89.0 Å². The summed E-state index contributed by atoms with van der Waals surface area (Å²) in [5, 5.41) is 3.77. The maximum Gasteiger partial charge on any atom is 0.251 e. The van der Waals surface area contributed by atoms with Gasteiger partial charge in [0.2, 0.25) is 0 Å². The fourth-order valence-electron chi connectivity index (χ4n) is 2.42. The van der Waals surface area contributed by atoms with Crippen LogP contribution in [0.1, 0.15) is 15.9 Å². The molecule has 6 nitrogen and oxygen atoms in total. The molecule has 0 radical (unpaired) electrons. The van der Waals surface area contributed by atoms with Gasteiger partial charge < -0.3 is 5.32 Å². The lowest BCUT2D eigenvalue weighted by atomic mass is 10.1. The number of pyridine rings is 2. The van der Waals surface area contributed by atoms with Gasteiger partial charge in [-0.05, 0) is 35.9 Å². The highest BCUT2D eigenvalue weighted by Gasteiger charge is 2.15. The number of benzene rings is 1. The Morgan fingerprint density at radius 3 is 2.60 bits per heavy atom. The normalized spacial score (nSPS) is 11.4. The molecule has 0 fully saturated rings. The molecule has 0 aliphatic heterocycles. The van der Waals surface area contributed by atoms with Crippen LogP contribution in [0, 0.1) is 0 Å². The number of halogens is 1. The summed E-state index contributed by atoms with van der Waals surface area (Å²) in [6.07, 6.45) is 5.58. The van der Waals surface area contributed by atoms with Crippen LogP contribution in [0.3, 0.4) is 0 Å². The number of carbonyl (C=O) groups is 1. The summed E-state index contributed by atoms with van der Waals surface area (Å²) in [4.78, 5) is 20.2. The minimum absolute atomic E-state index is 0.106. The highest BCUT2D eigenvalue weighted by Crippen LogP contribution is 2.25. The Balaban J connectivity index is 1.95. The maximum absolute atomic E-state index is 12.1. The standard InChI is InChI=1S/C17H14ClN3O3S/c1-25(23,24)15-7-11(6-13-8-14(18)10-20-16(13)15)9-21-17(22)12-2-4-19-5-3-12/h2-8,10H,9H2,1H3,(H,21,22). The second-order valence-electron chi connectivity index (χ2n) is 5.51. The van der Waals surface area contributed by atoms with E-state index in [2.05, 4.69) is 15.3 Å². The first-order chi connectivity index (χ1) is 11.8. The van der Waals surface area contributed by atoms with Crippen molar-refractivity contribution in [2.45, 2.75) is 11.4 Å². The molecule has 0 unspecified atom stereocenters. The number of carbonyl (C=O) groups excluding carboxylic acids is 1. The highest BCUT2D eigenvalue weighted by molar-refractivity contribution is 7.91. The predicted molar refractivity (Wildman–Crippen MR) is 95.3 cm³/mol. The molecule has 0 spiro atoms. The number of hydrogen-bond donors (Lipinski definition) is 1. The molecule has 2 aromatic heterocycles. The average Bonchev–Trinajstić information content (AvgIpc) is 2.58. The van der Waals surface area contributed by atoms with Crippen LogP contribution >= 0.6 is 11.6 Å². The molecule has 3 aromatic rings. The van der Waals surface area contributed by atoms with Crippen LogP contribution in [0.25, 0.3) is 10.9 Å². The SMILES string of the molecule is CS(=O)(=O)c1cc(CNC(=O)c2ccncc2)cc2cc(Cl)cnc12. The maximum atomic E-state index is 12.1. The monoisotopic (exact) mass is 375 g/mol. The van der Waals surface area contributed by atoms with Gasteiger partial charge >= 0.3 is 0 Å². The van der Waals surface area contributed by atoms with Gasteiger partial charge in [-0.1, -0.05) is 11.6 Å². The summed E-state index contributed by atoms with van der Waals surface area (Å²) < 4.78 is 24.2. The molecular formula is C17H14ClN3O3S. The van der Waals surface area contributed by atoms with Gasteiger partial charge in [-0.3, -0.25) is 14.8 Å². The van der Waals surface area contributed by atoms with Crippen molar-refractivity contribution >= 4 is 38.2 Å². The van der Waals surface area contributed by atoms with Crippen LogP contribution < -0.4 is 5.32 Å². The average molecular weight is 376 g/mol. The van der Waals surface area contributed by atoms with Crippen LogP contribution in [0.2, 0.25) is 5.02 Å². The molecule has 0 aliphatic carbocycles. The van der Waals surface area contributed by atoms with E-state index in [1.165, 1.54) is 24.7 Å². The van der Waals surface area contributed by atoms with Gasteiger partial charge in [-0.25, -0.2) is 8.42 Å². The van der Waals surface area contributed by atoms with E-state index in [4.69, 9.17) is 11.6 Å². The van der Waals surface area contributed by atoms with Crippen LogP contribution in [-0.2, 0) is 16.4 Å². The number of nitrogens with zero attached hydrogens (tertiary/aromatic N) is 2. The number of sulfone groups is 1. The summed E-state index contributed by atoms with van der Waals surface area (Å²) in [7, 11) is -3.48. The lowest BCUT2D eigenvalue weighted by Gasteiger charge is -2.10. The van der Waals surface area contributed by atoms with Gasteiger partial charge in [-0.2, -0.15) is 0 Å². The highest BCUT2D eigenvalue weighted by atomic mass is 35.5. The Labute approximate surface area is 149 Å². The van der Waals surface area contributed by atoms with Crippen LogP contribution in [-0.4, -0.2) is 30.5 Å². The van der Waals surface area contributed by atoms with Crippen molar-refractivity contribution in [3.05, 3.63) is 65.1 Å². The molecule has 0 aliphatic rings. The molecule has 0 bridgehead atoms. The van der Waals surface area contributed by atoms with E-state index in [9.17, 15) is 13.2 Å². The van der Waals surface area contributed by atoms with Crippen molar-refractivity contribution in [1.29, 1.82) is 0 Å². The molecule has 1 aromatic carbocycles. The van der Waals surface area contributed by atoms with Gasteiger partial charge in [0.25, 0.3) is 5.91 Å². The van der Waals surface area contributed by atoms with E-state index in [0.717, 1.165) is 6.26 Å². The van der Waals surface area contributed by atoms with Gasteiger partial charge in [0, 0.05) is 42.3 Å². The number of nitrogens with one attached hydrogen (secondary N) is 1. The van der Waals surface area contributed by atoms with Crippen LogP contribution in [0.5, 0.6) is 0 Å². The minimum atomic E-state index is -3.48. The van der Waals surface area contributed by atoms with Crippen molar-refractivity contribution < 1.29 is 13.2 Å².